The smallest absolute Gasteiger partial charge is 0.0440 e. The Labute approximate surface area is 235 Å². The number of hydrogen-bond donors (Lipinski definition) is 0. The first-order valence-corrected chi connectivity index (χ1v) is 14.9. The molecular formula is C37H24S2. The van der Waals surface area contributed by atoms with Gasteiger partial charge in [-0.25, -0.2) is 0 Å². The van der Waals surface area contributed by atoms with E-state index in [9.17, 15) is 0 Å². The first-order valence-electron chi connectivity index (χ1n) is 13.3. The van der Waals surface area contributed by atoms with Crippen molar-refractivity contribution in [3.05, 3.63) is 133 Å². The first-order chi connectivity index (χ1) is 19.2. The summed E-state index contributed by atoms with van der Waals surface area (Å²) in [4.78, 5) is 0. The zero-order valence-electron chi connectivity index (χ0n) is 21.4. The third kappa shape index (κ3) is 3.64. The van der Waals surface area contributed by atoms with Crippen LogP contribution in [-0.4, -0.2) is 0 Å². The molecule has 0 saturated carbocycles. The normalized spacial score (nSPS) is 11.7. The van der Waals surface area contributed by atoms with E-state index in [0.717, 1.165) is 0 Å². The van der Waals surface area contributed by atoms with Crippen LogP contribution in [0.2, 0.25) is 0 Å². The average Bonchev–Trinajstić information content (AvgIpc) is 3.56. The van der Waals surface area contributed by atoms with Crippen LogP contribution >= 0.6 is 22.7 Å². The van der Waals surface area contributed by atoms with Gasteiger partial charge in [0.25, 0.3) is 0 Å². The molecule has 39 heavy (non-hydrogen) atoms. The van der Waals surface area contributed by atoms with Gasteiger partial charge in [-0.1, -0.05) is 109 Å². The molecule has 0 radical (unpaired) electrons. The van der Waals surface area contributed by atoms with Crippen molar-refractivity contribution in [1.29, 1.82) is 0 Å². The van der Waals surface area contributed by atoms with E-state index in [1.807, 2.05) is 22.7 Å². The van der Waals surface area contributed by atoms with Gasteiger partial charge in [0.05, 0.1) is 0 Å². The molecule has 0 spiro atoms. The van der Waals surface area contributed by atoms with Crippen LogP contribution in [0, 0.1) is 6.92 Å². The Morgan fingerprint density at radius 2 is 1.13 bits per heavy atom. The molecule has 2 aromatic heterocycles. The lowest BCUT2D eigenvalue weighted by atomic mass is 9.92. The van der Waals surface area contributed by atoms with E-state index in [-0.39, 0.29) is 0 Å². The summed E-state index contributed by atoms with van der Waals surface area (Å²) in [5, 5.41) is 5.36. The van der Waals surface area contributed by atoms with E-state index in [1.54, 1.807) is 0 Å². The molecule has 0 aliphatic rings. The van der Waals surface area contributed by atoms with Gasteiger partial charge in [0.15, 0.2) is 0 Å². The Morgan fingerprint density at radius 1 is 0.410 bits per heavy atom. The van der Waals surface area contributed by atoms with Crippen molar-refractivity contribution in [2.24, 2.45) is 0 Å². The summed E-state index contributed by atoms with van der Waals surface area (Å²) < 4.78 is 5.42. The van der Waals surface area contributed by atoms with Crippen LogP contribution in [0.4, 0.5) is 0 Å². The summed E-state index contributed by atoms with van der Waals surface area (Å²) >= 11 is 3.82. The minimum absolute atomic E-state index is 1.26. The second kappa shape index (κ2) is 8.91. The zero-order chi connectivity index (χ0) is 25.9. The molecule has 184 valence electrons. The van der Waals surface area contributed by atoms with E-state index in [0.29, 0.717) is 0 Å². The number of thiophene rings is 2. The Morgan fingerprint density at radius 3 is 1.95 bits per heavy atom. The molecule has 2 heterocycles. The van der Waals surface area contributed by atoms with Crippen LogP contribution < -0.4 is 0 Å². The van der Waals surface area contributed by atoms with Gasteiger partial charge in [0.1, 0.15) is 0 Å². The number of aryl methyl sites for hydroxylation is 1. The van der Waals surface area contributed by atoms with Gasteiger partial charge in [-0.2, -0.15) is 0 Å². The topological polar surface area (TPSA) is 0 Å². The largest absolute Gasteiger partial charge is 0.135 e. The highest BCUT2D eigenvalue weighted by Gasteiger charge is 2.17. The van der Waals surface area contributed by atoms with Crippen LogP contribution in [0.3, 0.4) is 0 Å². The highest BCUT2D eigenvalue weighted by molar-refractivity contribution is 7.26. The minimum Gasteiger partial charge on any atom is -0.135 e. The molecule has 0 bridgehead atoms. The molecule has 0 atom stereocenters. The monoisotopic (exact) mass is 532 g/mol. The van der Waals surface area contributed by atoms with Crippen LogP contribution in [0.25, 0.3) is 73.7 Å². The van der Waals surface area contributed by atoms with Crippen LogP contribution in [0.15, 0.2) is 127 Å². The van der Waals surface area contributed by atoms with Crippen molar-refractivity contribution in [1.82, 2.24) is 0 Å². The van der Waals surface area contributed by atoms with Crippen LogP contribution in [0.5, 0.6) is 0 Å². The maximum Gasteiger partial charge on any atom is 0.0440 e. The summed E-state index contributed by atoms with van der Waals surface area (Å²) in [7, 11) is 0. The second-order valence-corrected chi connectivity index (χ2v) is 12.3. The molecule has 0 amide bonds. The van der Waals surface area contributed by atoms with Crippen molar-refractivity contribution >= 4 is 63.0 Å². The highest BCUT2D eigenvalue weighted by atomic mass is 32.1. The lowest BCUT2D eigenvalue weighted by Crippen LogP contribution is -1.86. The van der Waals surface area contributed by atoms with E-state index >= 15 is 0 Å². The summed E-state index contributed by atoms with van der Waals surface area (Å²) in [5.41, 5.74) is 9.04. The molecule has 0 aliphatic carbocycles. The maximum atomic E-state index is 2.40. The van der Waals surface area contributed by atoms with Gasteiger partial charge in [-0.05, 0) is 58.5 Å². The average molecular weight is 533 g/mol. The predicted molar refractivity (Wildman–Crippen MR) is 173 cm³/mol. The highest BCUT2D eigenvalue weighted by Crippen LogP contribution is 2.46. The van der Waals surface area contributed by atoms with Gasteiger partial charge < -0.3 is 0 Å². The first kappa shape index (κ1) is 22.7. The van der Waals surface area contributed by atoms with Crippen molar-refractivity contribution in [3.8, 4) is 33.4 Å². The molecule has 8 rings (SSSR count). The molecular weight excluding hydrogens is 509 g/mol. The fourth-order valence-corrected chi connectivity index (χ4v) is 8.35. The Balaban J connectivity index is 1.36. The SMILES string of the molecule is Cc1cccc2c1sc1c(-c3ccccc3)c(-c3ccc4c(c3)sc3ccc(-c5ccccc5)cc34)ccc12. The second-order valence-electron chi connectivity index (χ2n) is 10.2. The molecule has 0 unspecified atom stereocenters. The van der Waals surface area contributed by atoms with E-state index in [4.69, 9.17) is 0 Å². The van der Waals surface area contributed by atoms with Gasteiger partial charge in [0, 0.05) is 45.9 Å². The fourth-order valence-electron chi connectivity index (χ4n) is 5.89. The molecule has 0 aliphatic heterocycles. The fraction of sp³-hybridized carbons (Fsp3) is 0.0270. The van der Waals surface area contributed by atoms with E-state index in [2.05, 4.69) is 134 Å². The minimum atomic E-state index is 1.26. The molecule has 0 saturated heterocycles. The lowest BCUT2D eigenvalue weighted by molar-refractivity contribution is 1.56. The zero-order valence-corrected chi connectivity index (χ0v) is 23.1. The molecule has 0 fully saturated rings. The van der Waals surface area contributed by atoms with Gasteiger partial charge >= 0.3 is 0 Å². The summed E-state index contributed by atoms with van der Waals surface area (Å²) in [6, 6.07) is 46.8. The standard InChI is InChI=1S/C37H24S2/c1-23-9-8-14-30-31-19-18-28(35(37(31)39-36(23)30)25-12-6-3-7-13-25)27-15-17-29-32-21-26(24-10-4-2-5-11-24)16-20-33(32)38-34(29)22-27/h2-22H,1H3. The molecule has 2 heteroatoms. The number of fused-ring (bicyclic) bond motifs is 6. The van der Waals surface area contributed by atoms with Gasteiger partial charge in [-0.15, -0.1) is 22.7 Å². The van der Waals surface area contributed by atoms with Gasteiger partial charge in [-0.3, -0.25) is 0 Å². The van der Waals surface area contributed by atoms with E-state index < -0.39 is 0 Å². The van der Waals surface area contributed by atoms with Crippen molar-refractivity contribution in [3.63, 3.8) is 0 Å². The number of benzene rings is 6. The summed E-state index contributed by atoms with van der Waals surface area (Å²) in [6.45, 7) is 2.22. The van der Waals surface area contributed by atoms with Crippen molar-refractivity contribution < 1.29 is 0 Å². The maximum absolute atomic E-state index is 2.40. The van der Waals surface area contributed by atoms with Crippen LogP contribution in [-0.2, 0) is 0 Å². The Kier molecular flexibility index (Phi) is 5.19. The molecule has 6 aromatic carbocycles. The van der Waals surface area contributed by atoms with Crippen molar-refractivity contribution in [2.45, 2.75) is 6.92 Å². The summed E-state index contributed by atoms with van der Waals surface area (Å²) in [6.07, 6.45) is 0. The molecule has 8 aromatic rings. The Hall–Kier alpha value is -4.24. The predicted octanol–water partition coefficient (Wildman–Crippen LogP) is 11.7. The third-order valence-corrected chi connectivity index (χ3v) is 10.3. The van der Waals surface area contributed by atoms with E-state index in [1.165, 1.54) is 79.3 Å². The molecule has 0 nitrogen and oxygen atoms in total. The van der Waals surface area contributed by atoms with Crippen LogP contribution in [0.1, 0.15) is 5.56 Å². The number of hydrogen-bond acceptors (Lipinski definition) is 2. The summed E-state index contributed by atoms with van der Waals surface area (Å²) in [5.74, 6) is 0. The quantitative estimate of drug-likeness (QED) is 0.212. The lowest BCUT2D eigenvalue weighted by Gasteiger charge is -2.12. The number of rotatable bonds is 3. The molecule has 0 N–H and O–H groups in total. The van der Waals surface area contributed by atoms with Crippen molar-refractivity contribution in [2.75, 3.05) is 0 Å². The third-order valence-electron chi connectivity index (χ3n) is 7.82. The van der Waals surface area contributed by atoms with Gasteiger partial charge in [0.2, 0.25) is 0 Å². The Bertz CT molecular complexity index is 2160.